The Balaban J connectivity index is 2.50. The summed E-state index contributed by atoms with van der Waals surface area (Å²) in [4.78, 5) is 7.19. The van der Waals surface area contributed by atoms with E-state index >= 15 is 0 Å². The summed E-state index contributed by atoms with van der Waals surface area (Å²) in [6.45, 7) is 6.45. The molecule has 1 rings (SSSR count). The molecule has 0 aliphatic carbocycles. The molecule has 0 amide bonds. The van der Waals surface area contributed by atoms with Crippen LogP contribution in [0, 0.1) is 5.95 Å². The van der Waals surface area contributed by atoms with E-state index in [9.17, 15) is 4.39 Å². The normalized spacial score (nSPS) is 9.69. The number of nitrogens with zero attached hydrogens (tertiary/aromatic N) is 2. The minimum Gasteiger partial charge on any atom is -0.366 e. The summed E-state index contributed by atoms with van der Waals surface area (Å²) in [5.74, 6) is -0.0401. The van der Waals surface area contributed by atoms with E-state index in [1.807, 2.05) is 6.92 Å². The molecule has 1 aromatic heterocycles. The molecular formula is C9H12FN3. The molecule has 0 aliphatic heterocycles. The highest BCUT2D eigenvalue weighted by Crippen LogP contribution is 2.04. The molecule has 0 radical (unpaired) electrons. The minimum absolute atomic E-state index is 0.488. The van der Waals surface area contributed by atoms with Gasteiger partial charge in [0.1, 0.15) is 12.1 Å². The van der Waals surface area contributed by atoms with Crippen LogP contribution in [0.2, 0.25) is 0 Å². The average Bonchev–Trinajstić information content (AvgIpc) is 2.14. The zero-order valence-electron chi connectivity index (χ0n) is 7.55. The van der Waals surface area contributed by atoms with Crippen molar-refractivity contribution in [2.24, 2.45) is 0 Å². The van der Waals surface area contributed by atoms with Crippen LogP contribution >= 0.6 is 0 Å². The van der Waals surface area contributed by atoms with Gasteiger partial charge in [-0.15, -0.1) is 0 Å². The highest BCUT2D eigenvalue weighted by molar-refractivity contribution is 5.33. The van der Waals surface area contributed by atoms with Crippen molar-refractivity contribution in [3.63, 3.8) is 0 Å². The summed E-state index contributed by atoms with van der Waals surface area (Å²) >= 11 is 0. The molecular weight excluding hydrogens is 169 g/mol. The third-order valence-electron chi connectivity index (χ3n) is 1.65. The quantitative estimate of drug-likeness (QED) is 0.570. The van der Waals surface area contributed by atoms with Crippen LogP contribution in [0.4, 0.5) is 10.2 Å². The number of rotatable bonds is 4. The van der Waals surface area contributed by atoms with Gasteiger partial charge in [-0.2, -0.15) is 4.39 Å². The largest absolute Gasteiger partial charge is 0.366 e. The molecule has 0 saturated carbocycles. The van der Waals surface area contributed by atoms with Crippen LogP contribution in [0.3, 0.4) is 0 Å². The number of hydrogen-bond donors (Lipinski definition) is 1. The molecule has 0 aromatic carbocycles. The van der Waals surface area contributed by atoms with E-state index in [4.69, 9.17) is 0 Å². The van der Waals surface area contributed by atoms with Gasteiger partial charge in [0.2, 0.25) is 5.95 Å². The van der Waals surface area contributed by atoms with Gasteiger partial charge in [-0.05, 0) is 6.42 Å². The third-order valence-corrected chi connectivity index (χ3v) is 1.65. The number of aromatic nitrogens is 2. The van der Waals surface area contributed by atoms with Crippen LogP contribution in [-0.4, -0.2) is 16.5 Å². The fourth-order valence-electron chi connectivity index (χ4n) is 0.771. The van der Waals surface area contributed by atoms with Gasteiger partial charge in [-0.1, -0.05) is 19.1 Å². The fraction of sp³-hybridized carbons (Fsp3) is 0.333. The van der Waals surface area contributed by atoms with Crippen molar-refractivity contribution in [3.8, 4) is 0 Å². The Morgan fingerprint density at radius 3 is 3.00 bits per heavy atom. The molecule has 0 unspecified atom stereocenters. The minimum atomic E-state index is -0.528. The molecule has 1 heterocycles. The predicted octanol–water partition coefficient (Wildman–Crippen LogP) is 1.99. The van der Waals surface area contributed by atoms with Gasteiger partial charge in [0.15, 0.2) is 0 Å². The molecule has 1 aromatic rings. The van der Waals surface area contributed by atoms with Gasteiger partial charge < -0.3 is 5.32 Å². The van der Waals surface area contributed by atoms with Gasteiger partial charge in [-0.3, -0.25) is 0 Å². The summed E-state index contributed by atoms with van der Waals surface area (Å²) in [6.07, 6.45) is 2.09. The van der Waals surface area contributed by atoms with Crippen molar-refractivity contribution in [2.45, 2.75) is 13.3 Å². The van der Waals surface area contributed by atoms with Gasteiger partial charge >= 0.3 is 0 Å². The van der Waals surface area contributed by atoms with Gasteiger partial charge in [0, 0.05) is 12.6 Å². The van der Waals surface area contributed by atoms with E-state index in [0.29, 0.717) is 12.4 Å². The first-order valence-electron chi connectivity index (χ1n) is 4.10. The van der Waals surface area contributed by atoms with Crippen LogP contribution in [-0.2, 0) is 0 Å². The van der Waals surface area contributed by atoms with Gasteiger partial charge in [-0.25, -0.2) is 9.97 Å². The molecule has 0 spiro atoms. The van der Waals surface area contributed by atoms with Crippen molar-refractivity contribution in [1.29, 1.82) is 0 Å². The van der Waals surface area contributed by atoms with E-state index in [-0.39, 0.29) is 0 Å². The zero-order chi connectivity index (χ0) is 9.68. The number of anilines is 1. The van der Waals surface area contributed by atoms with Crippen molar-refractivity contribution in [1.82, 2.24) is 9.97 Å². The molecule has 70 valence electrons. The van der Waals surface area contributed by atoms with Crippen molar-refractivity contribution in [2.75, 3.05) is 11.9 Å². The van der Waals surface area contributed by atoms with E-state index in [1.165, 1.54) is 12.4 Å². The third kappa shape index (κ3) is 3.19. The summed E-state index contributed by atoms with van der Waals surface area (Å²) in [5.41, 5.74) is 1.05. The van der Waals surface area contributed by atoms with Crippen LogP contribution in [0.15, 0.2) is 24.5 Å². The fourth-order valence-corrected chi connectivity index (χ4v) is 0.771. The lowest BCUT2D eigenvalue weighted by Gasteiger charge is -2.05. The van der Waals surface area contributed by atoms with Crippen molar-refractivity contribution >= 4 is 5.82 Å². The lowest BCUT2D eigenvalue weighted by atomic mass is 10.2. The van der Waals surface area contributed by atoms with E-state index in [0.717, 1.165) is 12.0 Å². The molecule has 4 heteroatoms. The zero-order valence-corrected chi connectivity index (χ0v) is 7.55. The Morgan fingerprint density at radius 2 is 2.38 bits per heavy atom. The summed E-state index contributed by atoms with van der Waals surface area (Å²) < 4.78 is 12.6. The van der Waals surface area contributed by atoms with Crippen molar-refractivity contribution < 1.29 is 4.39 Å². The second kappa shape index (κ2) is 4.54. The lowest BCUT2D eigenvalue weighted by Crippen LogP contribution is -2.05. The van der Waals surface area contributed by atoms with Crippen LogP contribution in [0.25, 0.3) is 0 Å². The maximum Gasteiger partial charge on any atom is 0.217 e. The topological polar surface area (TPSA) is 37.8 Å². The van der Waals surface area contributed by atoms with Crippen LogP contribution in [0.5, 0.6) is 0 Å². The first-order valence-corrected chi connectivity index (χ1v) is 4.10. The maximum absolute atomic E-state index is 12.6. The second-order valence-electron chi connectivity index (χ2n) is 2.68. The Kier molecular flexibility index (Phi) is 3.37. The van der Waals surface area contributed by atoms with E-state index < -0.39 is 5.95 Å². The number of halogens is 1. The Bertz CT molecular complexity index is 299. The molecule has 13 heavy (non-hydrogen) atoms. The lowest BCUT2D eigenvalue weighted by molar-refractivity contribution is 0.580. The summed E-state index contributed by atoms with van der Waals surface area (Å²) in [7, 11) is 0. The number of nitrogens with one attached hydrogen (secondary N) is 1. The molecule has 0 atom stereocenters. The second-order valence-corrected chi connectivity index (χ2v) is 2.68. The average molecular weight is 181 g/mol. The Labute approximate surface area is 76.7 Å². The first-order chi connectivity index (χ1) is 6.22. The van der Waals surface area contributed by atoms with Crippen LogP contribution < -0.4 is 5.32 Å². The Hall–Kier alpha value is -1.45. The molecule has 0 bridgehead atoms. The van der Waals surface area contributed by atoms with Gasteiger partial charge in [0.05, 0.1) is 0 Å². The summed E-state index contributed by atoms with van der Waals surface area (Å²) in [5, 5.41) is 2.95. The van der Waals surface area contributed by atoms with E-state index in [2.05, 4.69) is 21.9 Å². The number of hydrogen-bond acceptors (Lipinski definition) is 3. The molecule has 1 N–H and O–H groups in total. The van der Waals surface area contributed by atoms with Crippen LogP contribution in [0.1, 0.15) is 13.3 Å². The monoisotopic (exact) mass is 181 g/mol. The SMILES string of the molecule is C=C(CC)CNc1cc(F)ncn1. The van der Waals surface area contributed by atoms with E-state index in [1.54, 1.807) is 0 Å². The smallest absolute Gasteiger partial charge is 0.217 e. The standard InChI is InChI=1S/C9H12FN3/c1-3-7(2)5-11-9-4-8(10)12-6-13-9/h4,6H,2-3,5H2,1H3,(H,11,12,13). The molecule has 0 saturated heterocycles. The highest BCUT2D eigenvalue weighted by Gasteiger charge is 1.96. The predicted molar refractivity (Wildman–Crippen MR) is 49.9 cm³/mol. The van der Waals surface area contributed by atoms with Gasteiger partial charge in [0.25, 0.3) is 0 Å². The highest BCUT2D eigenvalue weighted by atomic mass is 19.1. The first kappa shape index (κ1) is 9.64. The van der Waals surface area contributed by atoms with Crippen molar-refractivity contribution in [3.05, 3.63) is 30.5 Å². The maximum atomic E-state index is 12.6. The molecule has 0 aliphatic rings. The molecule has 3 nitrogen and oxygen atoms in total. The molecule has 0 fully saturated rings. The Morgan fingerprint density at radius 1 is 1.62 bits per heavy atom. The summed E-state index contributed by atoms with van der Waals surface area (Å²) in [6, 6.07) is 1.25.